The number of aromatic nitrogens is 2. The Morgan fingerprint density at radius 1 is 1.23 bits per heavy atom. The first-order chi connectivity index (χ1) is 12.7. The van der Waals surface area contributed by atoms with Gasteiger partial charge in [0.05, 0.1) is 24.5 Å². The van der Waals surface area contributed by atoms with E-state index in [9.17, 15) is 9.90 Å². The number of hydrogen-bond acceptors (Lipinski definition) is 3. The van der Waals surface area contributed by atoms with Crippen LogP contribution in [0.4, 0.5) is 0 Å². The number of fused-ring (bicyclic) bond motifs is 1. The summed E-state index contributed by atoms with van der Waals surface area (Å²) in [7, 11) is 0. The number of benzene rings is 1. The molecule has 1 aromatic heterocycles. The van der Waals surface area contributed by atoms with E-state index in [0.29, 0.717) is 38.2 Å². The third kappa shape index (κ3) is 3.73. The normalized spacial score (nSPS) is 17.7. The van der Waals surface area contributed by atoms with E-state index in [2.05, 4.69) is 11.2 Å². The molecule has 0 spiro atoms. The highest BCUT2D eigenvalue weighted by atomic mass is 16.3. The fourth-order valence-electron chi connectivity index (χ4n) is 3.81. The summed E-state index contributed by atoms with van der Waals surface area (Å²) in [5.41, 5.74) is 4.07. The topological polar surface area (TPSA) is 58.4 Å². The van der Waals surface area contributed by atoms with Crippen LogP contribution in [0.3, 0.4) is 0 Å². The number of carbonyl (C=O) groups is 1. The number of rotatable bonds is 5. The second-order valence-electron chi connectivity index (χ2n) is 7.24. The van der Waals surface area contributed by atoms with Crippen LogP contribution in [0, 0.1) is 0 Å². The van der Waals surface area contributed by atoms with Crippen molar-refractivity contribution in [3.63, 3.8) is 0 Å². The molecule has 4 rings (SSSR count). The van der Waals surface area contributed by atoms with Crippen molar-refractivity contribution in [1.29, 1.82) is 0 Å². The maximum Gasteiger partial charge on any atom is 0.227 e. The molecule has 1 aliphatic carbocycles. The highest BCUT2D eigenvalue weighted by Gasteiger charge is 2.24. The smallest absolute Gasteiger partial charge is 0.227 e. The second kappa shape index (κ2) is 7.46. The number of aliphatic hydroxyl groups is 1. The van der Waals surface area contributed by atoms with Crippen LogP contribution in [0.2, 0.25) is 0 Å². The summed E-state index contributed by atoms with van der Waals surface area (Å²) in [5.74, 6) is 0.206. The van der Waals surface area contributed by atoms with E-state index >= 15 is 0 Å². The average molecular weight is 351 g/mol. The Balaban J connectivity index is 1.41. The number of amides is 1. The molecule has 2 aliphatic rings. The van der Waals surface area contributed by atoms with E-state index < -0.39 is 6.10 Å². The minimum atomic E-state index is -0.622. The summed E-state index contributed by atoms with van der Waals surface area (Å²) in [5, 5.41) is 15.1. The predicted molar refractivity (Wildman–Crippen MR) is 99.3 cm³/mol. The first-order valence-corrected chi connectivity index (χ1v) is 9.43. The molecule has 0 fully saturated rings. The van der Waals surface area contributed by atoms with Gasteiger partial charge in [0.1, 0.15) is 6.10 Å². The van der Waals surface area contributed by atoms with Gasteiger partial charge in [-0.3, -0.25) is 9.48 Å². The molecule has 1 aromatic carbocycles. The standard InChI is InChI=1S/C21H25N3O2/c25-20(12-16-6-2-1-3-7-16)19-14-18-15-23(10-11-24(18)22-19)21(26)13-17-8-4-5-9-17/h1-3,6-8,14,20,25H,4-5,9-13,15H2/t20-/m1/s1. The molecule has 0 saturated carbocycles. The lowest BCUT2D eigenvalue weighted by Gasteiger charge is -2.28. The molecule has 1 aliphatic heterocycles. The van der Waals surface area contributed by atoms with Crippen molar-refractivity contribution in [2.24, 2.45) is 0 Å². The fourth-order valence-corrected chi connectivity index (χ4v) is 3.81. The van der Waals surface area contributed by atoms with Gasteiger partial charge in [-0.25, -0.2) is 0 Å². The third-order valence-corrected chi connectivity index (χ3v) is 5.30. The minimum absolute atomic E-state index is 0.206. The van der Waals surface area contributed by atoms with E-state index in [1.165, 1.54) is 12.0 Å². The number of hydrogen-bond donors (Lipinski definition) is 1. The van der Waals surface area contributed by atoms with E-state index in [1.807, 2.05) is 46.0 Å². The lowest BCUT2D eigenvalue weighted by molar-refractivity contribution is -0.132. The third-order valence-electron chi connectivity index (χ3n) is 5.30. The van der Waals surface area contributed by atoms with Crippen molar-refractivity contribution in [3.8, 4) is 0 Å². The van der Waals surface area contributed by atoms with Crippen molar-refractivity contribution >= 4 is 5.91 Å². The van der Waals surface area contributed by atoms with E-state index in [0.717, 1.165) is 24.1 Å². The van der Waals surface area contributed by atoms with Crippen LogP contribution in [-0.4, -0.2) is 32.2 Å². The Bertz CT molecular complexity index is 810. The molecular weight excluding hydrogens is 326 g/mol. The fraction of sp³-hybridized carbons (Fsp3) is 0.429. The maximum atomic E-state index is 12.6. The summed E-state index contributed by atoms with van der Waals surface area (Å²) in [4.78, 5) is 14.5. The lowest BCUT2D eigenvalue weighted by atomic mass is 10.1. The quantitative estimate of drug-likeness (QED) is 0.843. The molecule has 0 bridgehead atoms. The highest BCUT2D eigenvalue weighted by Crippen LogP contribution is 2.24. The van der Waals surface area contributed by atoms with Crippen LogP contribution >= 0.6 is 0 Å². The summed E-state index contributed by atoms with van der Waals surface area (Å²) < 4.78 is 1.93. The van der Waals surface area contributed by atoms with Gasteiger partial charge >= 0.3 is 0 Å². The summed E-state index contributed by atoms with van der Waals surface area (Å²) in [6, 6.07) is 11.9. The molecule has 1 amide bonds. The van der Waals surface area contributed by atoms with Gasteiger partial charge in [0.15, 0.2) is 0 Å². The highest BCUT2D eigenvalue weighted by molar-refractivity contribution is 5.78. The van der Waals surface area contributed by atoms with Gasteiger partial charge in [0.2, 0.25) is 5.91 Å². The molecule has 5 heteroatoms. The van der Waals surface area contributed by atoms with E-state index in [4.69, 9.17) is 0 Å². The second-order valence-corrected chi connectivity index (χ2v) is 7.24. The largest absolute Gasteiger partial charge is 0.386 e. The Hall–Kier alpha value is -2.40. The minimum Gasteiger partial charge on any atom is -0.386 e. The Morgan fingerprint density at radius 2 is 2.08 bits per heavy atom. The Kier molecular flexibility index (Phi) is 4.89. The van der Waals surface area contributed by atoms with Gasteiger partial charge in [-0.05, 0) is 30.9 Å². The molecule has 0 unspecified atom stereocenters. The molecule has 2 heterocycles. The maximum absolute atomic E-state index is 12.6. The van der Waals surface area contributed by atoms with Gasteiger partial charge in [0.25, 0.3) is 0 Å². The number of nitrogens with zero attached hydrogens (tertiary/aromatic N) is 3. The zero-order valence-corrected chi connectivity index (χ0v) is 15.0. The Morgan fingerprint density at radius 3 is 2.85 bits per heavy atom. The molecule has 1 N–H and O–H groups in total. The molecule has 0 saturated heterocycles. The molecular formula is C21H25N3O2. The van der Waals surface area contributed by atoms with Gasteiger partial charge in [-0.2, -0.15) is 5.10 Å². The number of carbonyl (C=O) groups excluding carboxylic acids is 1. The SMILES string of the molecule is O=C(CC1=CCCC1)N1CCn2nc([C@H](O)Cc3ccccc3)cc2C1. The summed E-state index contributed by atoms with van der Waals surface area (Å²) in [6.45, 7) is 1.96. The van der Waals surface area contributed by atoms with Crippen molar-refractivity contribution in [2.45, 2.75) is 51.3 Å². The van der Waals surface area contributed by atoms with Crippen molar-refractivity contribution in [2.75, 3.05) is 6.54 Å². The molecule has 136 valence electrons. The van der Waals surface area contributed by atoms with Crippen molar-refractivity contribution < 1.29 is 9.90 Å². The van der Waals surface area contributed by atoms with Gasteiger partial charge in [0, 0.05) is 19.4 Å². The Labute approximate surface area is 153 Å². The molecule has 2 aromatic rings. The molecule has 0 radical (unpaired) electrons. The number of allylic oxidation sites excluding steroid dienone is 1. The molecule has 1 atom stereocenters. The monoisotopic (exact) mass is 351 g/mol. The van der Waals surface area contributed by atoms with E-state index in [-0.39, 0.29) is 5.91 Å². The molecule has 5 nitrogen and oxygen atoms in total. The lowest BCUT2D eigenvalue weighted by Crippen LogP contribution is -2.38. The predicted octanol–water partition coefficient (Wildman–Crippen LogP) is 3.00. The molecule has 26 heavy (non-hydrogen) atoms. The first-order valence-electron chi connectivity index (χ1n) is 9.43. The van der Waals surface area contributed by atoms with Gasteiger partial charge in [-0.15, -0.1) is 0 Å². The van der Waals surface area contributed by atoms with Crippen molar-refractivity contribution in [1.82, 2.24) is 14.7 Å². The van der Waals surface area contributed by atoms with Crippen LogP contribution in [0.25, 0.3) is 0 Å². The van der Waals surface area contributed by atoms with Crippen LogP contribution in [-0.2, 0) is 24.3 Å². The van der Waals surface area contributed by atoms with Crippen LogP contribution in [0.1, 0.15) is 48.7 Å². The first kappa shape index (κ1) is 17.0. The summed E-state index contributed by atoms with van der Waals surface area (Å²) >= 11 is 0. The number of aliphatic hydroxyl groups excluding tert-OH is 1. The van der Waals surface area contributed by atoms with Crippen molar-refractivity contribution in [3.05, 3.63) is 65.0 Å². The van der Waals surface area contributed by atoms with Gasteiger partial charge in [-0.1, -0.05) is 42.0 Å². The van der Waals surface area contributed by atoms with Crippen LogP contribution in [0.5, 0.6) is 0 Å². The summed E-state index contributed by atoms with van der Waals surface area (Å²) in [6.07, 6.45) is 6.04. The zero-order chi connectivity index (χ0) is 17.9. The van der Waals surface area contributed by atoms with Crippen LogP contribution < -0.4 is 0 Å². The van der Waals surface area contributed by atoms with Crippen LogP contribution in [0.15, 0.2) is 48.0 Å². The van der Waals surface area contributed by atoms with Gasteiger partial charge < -0.3 is 10.0 Å². The zero-order valence-electron chi connectivity index (χ0n) is 15.0. The van der Waals surface area contributed by atoms with E-state index in [1.54, 1.807) is 0 Å². The average Bonchev–Trinajstić information content (AvgIpc) is 3.31.